The molecule has 0 saturated heterocycles. The fraction of sp³-hybridized carbons (Fsp3) is 0.700. The number of rotatable bonds is 6. The molecule has 0 aliphatic carbocycles. The zero-order valence-electron chi connectivity index (χ0n) is 15.5. The molecule has 120 valence electrons. The highest BCUT2D eigenvalue weighted by Crippen LogP contribution is 2.24. The van der Waals surface area contributed by atoms with Crippen LogP contribution < -0.4 is 5.32 Å². The summed E-state index contributed by atoms with van der Waals surface area (Å²) in [4.78, 5) is 0. The van der Waals surface area contributed by atoms with Crippen molar-refractivity contribution in [2.45, 2.75) is 80.2 Å². The SMILES string of the molecule is Cc1cc(C)c(C)c(CCC(C)CCNC(C)(C)C)c1C. The second kappa shape index (κ2) is 7.45. The van der Waals surface area contributed by atoms with Crippen LogP contribution in [0.1, 0.15) is 68.4 Å². The van der Waals surface area contributed by atoms with Gasteiger partial charge >= 0.3 is 0 Å². The Balaban J connectivity index is 2.56. The average Bonchev–Trinajstić information content (AvgIpc) is 2.35. The molecule has 0 aliphatic heterocycles. The molecule has 1 rings (SSSR count). The van der Waals surface area contributed by atoms with Gasteiger partial charge in [-0.25, -0.2) is 0 Å². The number of aryl methyl sites for hydroxylation is 2. The first-order valence-electron chi connectivity index (χ1n) is 8.43. The average molecular weight is 290 g/mol. The second-order valence-electron chi connectivity index (χ2n) is 7.85. The molecule has 1 aromatic rings. The monoisotopic (exact) mass is 289 g/mol. The summed E-state index contributed by atoms with van der Waals surface area (Å²) >= 11 is 0. The summed E-state index contributed by atoms with van der Waals surface area (Å²) in [6.07, 6.45) is 3.77. The molecule has 0 spiro atoms. The Kier molecular flexibility index (Phi) is 6.46. The van der Waals surface area contributed by atoms with Crippen LogP contribution >= 0.6 is 0 Å². The molecule has 1 nitrogen and oxygen atoms in total. The Hall–Kier alpha value is -0.820. The van der Waals surface area contributed by atoms with Crippen molar-refractivity contribution in [1.29, 1.82) is 0 Å². The molecule has 0 saturated carbocycles. The zero-order chi connectivity index (χ0) is 16.2. The van der Waals surface area contributed by atoms with E-state index in [4.69, 9.17) is 0 Å². The first-order chi connectivity index (χ1) is 9.61. The molecule has 1 heteroatoms. The van der Waals surface area contributed by atoms with Crippen LogP contribution in [-0.2, 0) is 6.42 Å². The van der Waals surface area contributed by atoms with Gasteiger partial charge in [0, 0.05) is 5.54 Å². The second-order valence-corrected chi connectivity index (χ2v) is 7.85. The number of benzene rings is 1. The van der Waals surface area contributed by atoms with Gasteiger partial charge in [-0.15, -0.1) is 0 Å². The highest BCUT2D eigenvalue weighted by atomic mass is 14.9. The minimum absolute atomic E-state index is 0.237. The zero-order valence-corrected chi connectivity index (χ0v) is 15.5. The first kappa shape index (κ1) is 18.2. The largest absolute Gasteiger partial charge is 0.312 e. The Morgan fingerprint density at radius 2 is 1.48 bits per heavy atom. The lowest BCUT2D eigenvalue weighted by Gasteiger charge is -2.22. The van der Waals surface area contributed by atoms with Gasteiger partial charge in [0.1, 0.15) is 0 Å². The van der Waals surface area contributed by atoms with Crippen molar-refractivity contribution in [3.8, 4) is 0 Å². The van der Waals surface area contributed by atoms with E-state index < -0.39 is 0 Å². The standard InChI is InChI=1S/C20H35N/c1-14(11-12-21-20(6,7)8)9-10-19-17(4)15(2)13-16(3)18(19)5/h13-14,21H,9-12H2,1-8H3. The molecule has 1 atom stereocenters. The van der Waals surface area contributed by atoms with Gasteiger partial charge in [0.15, 0.2) is 0 Å². The number of hydrogen-bond donors (Lipinski definition) is 1. The van der Waals surface area contributed by atoms with E-state index in [0.29, 0.717) is 0 Å². The van der Waals surface area contributed by atoms with Crippen molar-refractivity contribution in [2.24, 2.45) is 5.92 Å². The highest BCUT2D eigenvalue weighted by molar-refractivity contribution is 5.44. The number of nitrogens with one attached hydrogen (secondary N) is 1. The Morgan fingerprint density at radius 1 is 0.952 bits per heavy atom. The minimum atomic E-state index is 0.237. The van der Waals surface area contributed by atoms with E-state index in [-0.39, 0.29) is 5.54 Å². The van der Waals surface area contributed by atoms with Gasteiger partial charge in [-0.1, -0.05) is 13.0 Å². The summed E-state index contributed by atoms with van der Waals surface area (Å²) in [6, 6.07) is 2.32. The van der Waals surface area contributed by atoms with E-state index in [1.54, 1.807) is 5.56 Å². The van der Waals surface area contributed by atoms with Gasteiger partial charge in [0.05, 0.1) is 0 Å². The van der Waals surface area contributed by atoms with Crippen LogP contribution in [0.4, 0.5) is 0 Å². The summed E-state index contributed by atoms with van der Waals surface area (Å²) in [6.45, 7) is 19.3. The molecular weight excluding hydrogens is 254 g/mol. The van der Waals surface area contributed by atoms with Crippen LogP contribution in [0.3, 0.4) is 0 Å². The maximum atomic E-state index is 3.59. The third-order valence-electron chi connectivity index (χ3n) is 4.70. The topological polar surface area (TPSA) is 12.0 Å². The summed E-state index contributed by atoms with van der Waals surface area (Å²) in [7, 11) is 0. The Morgan fingerprint density at radius 3 is 1.95 bits per heavy atom. The molecule has 0 aromatic heterocycles. The van der Waals surface area contributed by atoms with Gasteiger partial charge in [0.2, 0.25) is 0 Å². The van der Waals surface area contributed by atoms with E-state index in [1.165, 1.54) is 41.5 Å². The molecule has 1 unspecified atom stereocenters. The van der Waals surface area contributed by atoms with Crippen molar-refractivity contribution in [2.75, 3.05) is 6.54 Å². The molecule has 1 N–H and O–H groups in total. The first-order valence-corrected chi connectivity index (χ1v) is 8.43. The summed E-state index contributed by atoms with van der Waals surface area (Å²) in [5, 5.41) is 3.59. The fourth-order valence-electron chi connectivity index (χ4n) is 2.90. The van der Waals surface area contributed by atoms with E-state index in [1.807, 2.05) is 0 Å². The third kappa shape index (κ3) is 5.82. The van der Waals surface area contributed by atoms with E-state index in [9.17, 15) is 0 Å². The van der Waals surface area contributed by atoms with Crippen LogP contribution in [0.2, 0.25) is 0 Å². The van der Waals surface area contributed by atoms with Crippen molar-refractivity contribution in [1.82, 2.24) is 5.32 Å². The van der Waals surface area contributed by atoms with Crippen LogP contribution in [0.15, 0.2) is 6.07 Å². The Labute approximate surface area is 132 Å². The quantitative estimate of drug-likeness (QED) is 0.752. The van der Waals surface area contributed by atoms with E-state index in [2.05, 4.69) is 66.8 Å². The predicted octanol–water partition coefficient (Wildman–Crippen LogP) is 5.27. The van der Waals surface area contributed by atoms with Gasteiger partial charge in [-0.05, 0) is 108 Å². The van der Waals surface area contributed by atoms with Crippen LogP contribution in [0.5, 0.6) is 0 Å². The van der Waals surface area contributed by atoms with Crippen molar-refractivity contribution >= 4 is 0 Å². The Bertz CT molecular complexity index is 439. The fourth-order valence-corrected chi connectivity index (χ4v) is 2.90. The van der Waals surface area contributed by atoms with Crippen molar-refractivity contribution < 1.29 is 0 Å². The minimum Gasteiger partial charge on any atom is -0.312 e. The normalized spacial score (nSPS) is 13.5. The molecule has 0 amide bonds. The lowest BCUT2D eigenvalue weighted by atomic mass is 9.89. The van der Waals surface area contributed by atoms with Gasteiger partial charge in [-0.3, -0.25) is 0 Å². The molecule has 1 aromatic carbocycles. The van der Waals surface area contributed by atoms with Gasteiger partial charge in [-0.2, -0.15) is 0 Å². The molecule has 21 heavy (non-hydrogen) atoms. The maximum absolute atomic E-state index is 3.59. The van der Waals surface area contributed by atoms with Crippen LogP contribution in [0.25, 0.3) is 0 Å². The van der Waals surface area contributed by atoms with E-state index in [0.717, 1.165) is 12.5 Å². The molecular formula is C20H35N. The number of hydrogen-bond acceptors (Lipinski definition) is 1. The molecule has 0 heterocycles. The summed E-state index contributed by atoms with van der Waals surface area (Å²) in [5.74, 6) is 0.777. The van der Waals surface area contributed by atoms with Crippen molar-refractivity contribution in [3.63, 3.8) is 0 Å². The molecule has 0 fully saturated rings. The molecule has 0 bridgehead atoms. The summed E-state index contributed by atoms with van der Waals surface area (Å²) < 4.78 is 0. The van der Waals surface area contributed by atoms with Crippen LogP contribution in [0, 0.1) is 33.6 Å². The highest BCUT2D eigenvalue weighted by Gasteiger charge is 2.12. The van der Waals surface area contributed by atoms with Crippen LogP contribution in [-0.4, -0.2) is 12.1 Å². The lowest BCUT2D eigenvalue weighted by molar-refractivity contribution is 0.386. The molecule has 0 radical (unpaired) electrons. The van der Waals surface area contributed by atoms with E-state index >= 15 is 0 Å². The third-order valence-corrected chi connectivity index (χ3v) is 4.70. The van der Waals surface area contributed by atoms with Gasteiger partial charge in [0.25, 0.3) is 0 Å². The predicted molar refractivity (Wildman–Crippen MR) is 95.2 cm³/mol. The molecule has 0 aliphatic rings. The lowest BCUT2D eigenvalue weighted by Crippen LogP contribution is -2.36. The maximum Gasteiger partial charge on any atom is 0.00965 e. The van der Waals surface area contributed by atoms with Gasteiger partial charge < -0.3 is 5.32 Å². The summed E-state index contributed by atoms with van der Waals surface area (Å²) in [5.41, 5.74) is 7.70. The smallest absolute Gasteiger partial charge is 0.00965 e. The van der Waals surface area contributed by atoms with Crippen molar-refractivity contribution in [3.05, 3.63) is 33.9 Å².